The molecule has 0 aliphatic rings. The van der Waals surface area contributed by atoms with Gasteiger partial charge in [-0.05, 0) is 150 Å². The van der Waals surface area contributed by atoms with E-state index >= 15 is 0 Å². The first kappa shape index (κ1) is 46.0. The fraction of sp³-hybridized carbons (Fsp3) is 0.229. The molecule has 10 aromatic rings. The number of imidazole rings is 1. The molecule has 4 heteroatoms. The fourth-order valence-corrected chi connectivity index (χ4v) is 10.1. The molecule has 2 heterocycles. The Morgan fingerprint density at radius 2 is 1.08 bits per heavy atom. The largest absolute Gasteiger partial charge is 0.507 e. The Hall–Kier alpha value is -7.82. The summed E-state index contributed by atoms with van der Waals surface area (Å²) in [6, 6.07) is 62.8. The van der Waals surface area contributed by atoms with E-state index in [1.165, 1.54) is 5.56 Å². The van der Waals surface area contributed by atoms with Crippen LogP contribution in [0.25, 0.3) is 95.0 Å². The van der Waals surface area contributed by atoms with Gasteiger partial charge in [-0.25, -0.2) is 4.98 Å². The van der Waals surface area contributed by atoms with E-state index in [0.717, 1.165) is 83.5 Å². The van der Waals surface area contributed by atoms with Crippen LogP contribution in [0.4, 0.5) is 0 Å². The second-order valence-electron chi connectivity index (χ2n) is 23.3. The lowest BCUT2D eigenvalue weighted by Crippen LogP contribution is -2.17. The highest BCUT2D eigenvalue weighted by Crippen LogP contribution is 2.47. The molecule has 0 aliphatic carbocycles. The van der Waals surface area contributed by atoms with Crippen molar-refractivity contribution < 1.29 is 9.22 Å². The molecule has 0 amide bonds. The van der Waals surface area contributed by atoms with Crippen LogP contribution in [0.5, 0.6) is 5.75 Å². The van der Waals surface area contributed by atoms with Crippen LogP contribution in [0, 0.1) is 6.85 Å². The Labute approximate surface area is 443 Å². The van der Waals surface area contributed by atoms with Crippen molar-refractivity contribution in [3.63, 3.8) is 0 Å². The van der Waals surface area contributed by atoms with Crippen molar-refractivity contribution in [2.45, 2.75) is 105 Å². The number of benzene rings is 8. The Morgan fingerprint density at radius 1 is 0.473 bits per heavy atom. The molecule has 370 valence electrons. The fourth-order valence-electron chi connectivity index (χ4n) is 10.1. The van der Waals surface area contributed by atoms with Gasteiger partial charge in [-0.3, -0.25) is 9.55 Å². The minimum absolute atomic E-state index is 0.0856. The molecule has 2 aromatic heterocycles. The number of hydrogen-bond acceptors (Lipinski definition) is 3. The first-order valence-corrected chi connectivity index (χ1v) is 26.0. The van der Waals surface area contributed by atoms with E-state index in [1.54, 1.807) is 0 Å². The van der Waals surface area contributed by atoms with Gasteiger partial charge in [-0.2, -0.15) is 0 Å². The maximum atomic E-state index is 12.8. The smallest absolute Gasteiger partial charge is 0.149 e. The highest BCUT2D eigenvalue weighted by atomic mass is 16.3. The van der Waals surface area contributed by atoms with Crippen LogP contribution in [-0.2, 0) is 16.2 Å². The number of aromatic hydroxyl groups is 1. The summed E-state index contributed by atoms with van der Waals surface area (Å²) in [6.45, 7) is 21.4. The lowest BCUT2D eigenvalue weighted by molar-refractivity contribution is 0.446. The number of hydrogen-bond donors (Lipinski definition) is 1. The second-order valence-corrected chi connectivity index (χ2v) is 23.3. The summed E-state index contributed by atoms with van der Waals surface area (Å²) in [4.78, 5) is 10.7. The van der Waals surface area contributed by atoms with Gasteiger partial charge in [0.1, 0.15) is 11.6 Å². The molecule has 4 nitrogen and oxygen atoms in total. The number of para-hydroxylation sites is 1. The van der Waals surface area contributed by atoms with Gasteiger partial charge in [0.2, 0.25) is 0 Å². The predicted molar refractivity (Wildman–Crippen MR) is 314 cm³/mol. The van der Waals surface area contributed by atoms with Gasteiger partial charge >= 0.3 is 0 Å². The van der Waals surface area contributed by atoms with E-state index in [1.807, 2.05) is 54.7 Å². The maximum Gasteiger partial charge on any atom is 0.149 e. The van der Waals surface area contributed by atoms with Crippen molar-refractivity contribution in [3.8, 4) is 89.7 Å². The Balaban J connectivity index is 1.30. The summed E-state index contributed by atoms with van der Waals surface area (Å²) in [6.07, 6.45) is 1.89. The van der Waals surface area contributed by atoms with E-state index in [9.17, 15) is 9.22 Å². The van der Waals surface area contributed by atoms with Gasteiger partial charge in [0.15, 0.2) is 0 Å². The van der Waals surface area contributed by atoms with Gasteiger partial charge in [0.25, 0.3) is 0 Å². The normalized spacial score (nSPS) is 13.0. The van der Waals surface area contributed by atoms with E-state index in [0.29, 0.717) is 34.1 Å². The molecule has 0 atom stereocenters. The highest BCUT2D eigenvalue weighted by Gasteiger charge is 2.30. The third-order valence-electron chi connectivity index (χ3n) is 14.6. The molecule has 1 N–H and O–H groups in total. The van der Waals surface area contributed by atoms with Crippen molar-refractivity contribution in [1.29, 1.82) is 0 Å². The third-order valence-corrected chi connectivity index (χ3v) is 14.6. The van der Waals surface area contributed by atoms with Crippen LogP contribution < -0.4 is 0 Å². The number of aromatic nitrogens is 3. The quantitative estimate of drug-likeness (QED) is 0.157. The second kappa shape index (κ2) is 19.2. The lowest BCUT2D eigenvalue weighted by atomic mass is 9.79. The zero-order chi connectivity index (χ0) is 54.8. The molecule has 8 aromatic carbocycles. The van der Waals surface area contributed by atoms with Crippen LogP contribution in [0.1, 0.15) is 114 Å². The van der Waals surface area contributed by atoms with Gasteiger partial charge in [0.05, 0.1) is 28.0 Å². The summed E-state index contributed by atoms with van der Waals surface area (Å²) in [7, 11) is 0. The maximum absolute atomic E-state index is 12.8. The first-order valence-electron chi connectivity index (χ1n) is 27.5. The molecule has 0 spiro atoms. The van der Waals surface area contributed by atoms with Crippen LogP contribution >= 0.6 is 0 Å². The number of fused-ring (bicyclic) bond motifs is 1. The Bertz CT molecular complexity index is 3790. The molecule has 0 saturated heterocycles. The Morgan fingerprint density at radius 3 is 1.72 bits per heavy atom. The third kappa shape index (κ3) is 9.74. The van der Waals surface area contributed by atoms with Crippen molar-refractivity contribution in [2.24, 2.45) is 0 Å². The SMILES string of the molecule is [2H]C([2H])([2H])c1cc(-n2c(-c3cc(C(C)(C)C)cc(C(C)(C)C)c3O)nc3c(-c4cc(-c5ccccc5)cc(-c5cc(-c6ccc(C(C)C)cc6)ccn5)c4)cccc32)c(-c2ccccc2)cc1-c1ccc(C(C)(C)C)cc1. The summed E-state index contributed by atoms with van der Waals surface area (Å²) in [5, 5.41) is 12.8. The van der Waals surface area contributed by atoms with Crippen molar-refractivity contribution in [1.82, 2.24) is 14.5 Å². The molecular weight excluding hydrogens is 899 g/mol. The summed E-state index contributed by atoms with van der Waals surface area (Å²) in [5.41, 5.74) is 17.4. The molecule has 0 fully saturated rings. The lowest BCUT2D eigenvalue weighted by Gasteiger charge is -2.28. The van der Waals surface area contributed by atoms with Crippen LogP contribution in [0.3, 0.4) is 0 Å². The van der Waals surface area contributed by atoms with E-state index in [-0.39, 0.29) is 22.1 Å². The monoisotopic (exact) mass is 971 g/mol. The number of rotatable bonds is 9. The molecule has 10 rings (SSSR count). The van der Waals surface area contributed by atoms with Gasteiger partial charge < -0.3 is 5.11 Å². The van der Waals surface area contributed by atoms with E-state index < -0.39 is 12.3 Å². The molecule has 0 bridgehead atoms. The summed E-state index contributed by atoms with van der Waals surface area (Å²) in [5.74, 6) is 1.06. The molecule has 0 saturated carbocycles. The zero-order valence-corrected chi connectivity index (χ0v) is 44.8. The molecule has 0 radical (unpaired) electrons. The number of phenolic OH excluding ortho intramolecular Hbond substituents is 1. The number of pyridine rings is 1. The van der Waals surface area contributed by atoms with Gasteiger partial charge in [-0.1, -0.05) is 204 Å². The number of phenols is 1. The van der Waals surface area contributed by atoms with Crippen molar-refractivity contribution in [2.75, 3.05) is 0 Å². The molecular formula is C70H69N3O. The number of nitrogens with zero attached hydrogens (tertiary/aromatic N) is 3. The predicted octanol–water partition coefficient (Wildman–Crippen LogP) is 19.1. The minimum Gasteiger partial charge on any atom is -0.507 e. The molecule has 0 aliphatic heterocycles. The van der Waals surface area contributed by atoms with Crippen molar-refractivity contribution in [3.05, 3.63) is 216 Å². The molecule has 0 unspecified atom stereocenters. The topological polar surface area (TPSA) is 50.9 Å². The van der Waals surface area contributed by atoms with E-state index in [4.69, 9.17) is 9.97 Å². The van der Waals surface area contributed by atoms with Crippen LogP contribution in [0.15, 0.2) is 188 Å². The van der Waals surface area contributed by atoms with Crippen LogP contribution in [-0.4, -0.2) is 19.6 Å². The van der Waals surface area contributed by atoms with Gasteiger partial charge in [0, 0.05) is 32.6 Å². The van der Waals surface area contributed by atoms with Crippen LogP contribution in [0.2, 0.25) is 0 Å². The Kier molecular flexibility index (Phi) is 11.9. The average molecular weight is 971 g/mol. The molecule has 74 heavy (non-hydrogen) atoms. The summed E-state index contributed by atoms with van der Waals surface area (Å²) >= 11 is 0. The van der Waals surface area contributed by atoms with E-state index in [2.05, 4.69) is 214 Å². The number of aryl methyl sites for hydroxylation is 1. The average Bonchev–Trinajstić information content (AvgIpc) is 3.98. The van der Waals surface area contributed by atoms with Crippen molar-refractivity contribution >= 4 is 11.0 Å². The summed E-state index contributed by atoms with van der Waals surface area (Å²) < 4.78 is 29.7. The zero-order valence-electron chi connectivity index (χ0n) is 47.8. The highest BCUT2D eigenvalue weighted by molar-refractivity contribution is 5.99. The van der Waals surface area contributed by atoms with Gasteiger partial charge in [-0.15, -0.1) is 0 Å². The minimum atomic E-state index is -2.51. The first-order chi connectivity index (χ1) is 36.4. The standard InChI is InChI=1S/C70H69N3O/c1-44(2)46-26-28-48(29-27-46)51-34-35-71-62(40-51)54-38-52(47-20-15-13-16-21-47)37-53(39-54)57-24-19-25-63-65(57)72-67(60-41-56(69(7,8)9)42-61(66(60)74)70(10,11)12)73(63)64-36-45(3)58(43-59(64)49-22-17-14-18-23-49)50-30-32-55(33-31-50)68(4,5)6/h13-44,74H,1-12H3/i3D3.